The lowest BCUT2D eigenvalue weighted by Gasteiger charge is -2.23. The van der Waals surface area contributed by atoms with Crippen molar-refractivity contribution < 1.29 is 13.9 Å². The minimum atomic E-state index is -0.357. The summed E-state index contributed by atoms with van der Waals surface area (Å²) in [6.45, 7) is 3.74. The van der Waals surface area contributed by atoms with Crippen LogP contribution in [0.15, 0.2) is 29.3 Å². The monoisotopic (exact) mass is 383 g/mol. The molecular weight excluding hydrogens is 365 g/mol. The molecule has 4 aromatic rings. The third kappa shape index (κ3) is 2.79. The van der Waals surface area contributed by atoms with E-state index in [0.717, 1.165) is 16.8 Å². The molecule has 1 atom stereocenters. The molecule has 0 aliphatic carbocycles. The predicted octanol–water partition coefficient (Wildman–Crippen LogP) is 2.13. The minimum Gasteiger partial charge on any atom is -0.376 e. The van der Waals surface area contributed by atoms with Crippen molar-refractivity contribution in [3.05, 3.63) is 46.5 Å². The maximum atomic E-state index is 14.0. The Labute approximate surface area is 158 Å². The van der Waals surface area contributed by atoms with E-state index in [0.29, 0.717) is 48.6 Å². The Hall–Kier alpha value is -3.04. The first-order chi connectivity index (χ1) is 13.6. The number of nitrogens with one attached hydrogen (secondary N) is 2. The number of pyridine rings is 2. The van der Waals surface area contributed by atoms with Gasteiger partial charge >= 0.3 is 5.69 Å². The van der Waals surface area contributed by atoms with Crippen LogP contribution in [0.1, 0.15) is 5.69 Å². The van der Waals surface area contributed by atoms with Crippen molar-refractivity contribution in [2.24, 2.45) is 0 Å². The summed E-state index contributed by atoms with van der Waals surface area (Å²) >= 11 is 0. The van der Waals surface area contributed by atoms with Crippen molar-refractivity contribution in [2.75, 3.05) is 19.8 Å². The summed E-state index contributed by atoms with van der Waals surface area (Å²) in [4.78, 5) is 26.9. The summed E-state index contributed by atoms with van der Waals surface area (Å²) in [5.41, 5.74) is 3.64. The fourth-order valence-corrected chi connectivity index (χ4v) is 3.61. The second-order valence-corrected chi connectivity index (χ2v) is 6.85. The molecule has 1 aliphatic heterocycles. The van der Waals surface area contributed by atoms with Crippen LogP contribution in [0.2, 0.25) is 0 Å². The van der Waals surface area contributed by atoms with Gasteiger partial charge in [0.1, 0.15) is 11.5 Å². The summed E-state index contributed by atoms with van der Waals surface area (Å²) < 4.78 is 26.7. The van der Waals surface area contributed by atoms with Crippen molar-refractivity contribution >= 4 is 22.2 Å². The number of nitrogens with zero attached hydrogens (tertiary/aromatic N) is 3. The highest BCUT2D eigenvalue weighted by molar-refractivity contribution is 5.85. The van der Waals surface area contributed by atoms with Crippen molar-refractivity contribution in [1.29, 1.82) is 0 Å². The van der Waals surface area contributed by atoms with Gasteiger partial charge in [0.25, 0.3) is 0 Å². The van der Waals surface area contributed by atoms with E-state index in [4.69, 9.17) is 9.47 Å². The predicted molar refractivity (Wildman–Crippen MR) is 101 cm³/mol. The Balaban J connectivity index is 1.62. The number of hydrogen-bond acceptors (Lipinski definition) is 5. The Kier molecular flexibility index (Phi) is 3.99. The van der Waals surface area contributed by atoms with Crippen molar-refractivity contribution in [3.63, 3.8) is 0 Å². The lowest BCUT2D eigenvalue weighted by atomic mass is 10.1. The molecule has 0 unspecified atom stereocenters. The van der Waals surface area contributed by atoms with E-state index in [9.17, 15) is 9.18 Å². The standard InChI is InChI=1S/C19H18FN5O3/c1-10-13(11-4-14-15(20)7-22-17(14)21-6-11)5-16-18(23-10)24-19(26)25(16)8-12-9-27-2-3-28-12/h4-7,12H,2-3,8-9H2,1H3,(H,21,22)(H,23,24,26)/t12-/m0/s1. The van der Waals surface area contributed by atoms with Gasteiger partial charge in [-0.2, -0.15) is 0 Å². The van der Waals surface area contributed by atoms with E-state index in [1.807, 2.05) is 13.0 Å². The van der Waals surface area contributed by atoms with Gasteiger partial charge in [0.05, 0.1) is 43.4 Å². The molecule has 5 rings (SSSR count). The van der Waals surface area contributed by atoms with E-state index in [1.165, 1.54) is 6.20 Å². The molecule has 144 valence electrons. The number of ether oxygens (including phenoxy) is 2. The van der Waals surface area contributed by atoms with Gasteiger partial charge in [-0.25, -0.2) is 19.2 Å². The smallest absolute Gasteiger partial charge is 0.327 e. The van der Waals surface area contributed by atoms with Gasteiger partial charge in [-0.1, -0.05) is 0 Å². The van der Waals surface area contributed by atoms with Crippen LogP contribution >= 0.6 is 0 Å². The van der Waals surface area contributed by atoms with Gasteiger partial charge in [0.15, 0.2) is 5.65 Å². The second kappa shape index (κ2) is 6.54. The SMILES string of the molecule is Cc1nc2[nH]c(=O)n(C[C@H]3COCCO3)c2cc1-c1cnc2[nH]cc(F)c2c1. The van der Waals surface area contributed by atoms with E-state index in [-0.39, 0.29) is 17.6 Å². The number of rotatable bonds is 3. The number of H-pyrrole nitrogens is 2. The minimum absolute atomic E-state index is 0.192. The zero-order chi connectivity index (χ0) is 19.3. The van der Waals surface area contributed by atoms with Gasteiger partial charge in [0, 0.05) is 29.2 Å². The molecule has 8 nitrogen and oxygen atoms in total. The Morgan fingerprint density at radius 1 is 1.32 bits per heavy atom. The van der Waals surface area contributed by atoms with Gasteiger partial charge in [-0.3, -0.25) is 9.55 Å². The van der Waals surface area contributed by atoms with Gasteiger partial charge in [-0.05, 0) is 19.1 Å². The maximum absolute atomic E-state index is 14.0. The largest absolute Gasteiger partial charge is 0.376 e. The quantitative estimate of drug-likeness (QED) is 0.565. The van der Waals surface area contributed by atoms with Gasteiger partial charge in [-0.15, -0.1) is 0 Å². The van der Waals surface area contributed by atoms with Crippen molar-refractivity contribution in [1.82, 2.24) is 24.5 Å². The van der Waals surface area contributed by atoms with Crippen molar-refractivity contribution in [3.8, 4) is 11.1 Å². The highest BCUT2D eigenvalue weighted by Crippen LogP contribution is 2.28. The third-order valence-electron chi connectivity index (χ3n) is 5.02. The summed E-state index contributed by atoms with van der Waals surface area (Å²) in [7, 11) is 0. The molecule has 0 radical (unpaired) electrons. The first-order valence-corrected chi connectivity index (χ1v) is 9.02. The molecule has 4 aromatic heterocycles. The number of fused-ring (bicyclic) bond motifs is 2. The Bertz CT molecular complexity index is 1240. The third-order valence-corrected chi connectivity index (χ3v) is 5.02. The first kappa shape index (κ1) is 17.1. The van der Waals surface area contributed by atoms with Crippen LogP contribution in [0.3, 0.4) is 0 Å². The lowest BCUT2D eigenvalue weighted by molar-refractivity contribution is -0.0934. The topological polar surface area (TPSA) is 97.8 Å². The summed E-state index contributed by atoms with van der Waals surface area (Å²) in [6.07, 6.45) is 2.76. The molecule has 1 aliphatic rings. The van der Waals surface area contributed by atoms with Gasteiger partial charge in [0.2, 0.25) is 0 Å². The van der Waals surface area contributed by atoms with E-state index in [2.05, 4.69) is 19.9 Å². The molecule has 0 aromatic carbocycles. The van der Waals surface area contributed by atoms with Crippen LogP contribution in [0.5, 0.6) is 0 Å². The Morgan fingerprint density at radius 3 is 3.04 bits per heavy atom. The van der Waals surface area contributed by atoms with E-state index >= 15 is 0 Å². The number of aryl methyl sites for hydroxylation is 1. The molecule has 1 saturated heterocycles. The van der Waals surface area contributed by atoms with Gasteiger partial charge < -0.3 is 14.5 Å². The average Bonchev–Trinajstić information content (AvgIpc) is 3.21. The second-order valence-electron chi connectivity index (χ2n) is 6.85. The summed E-state index contributed by atoms with van der Waals surface area (Å²) in [5, 5.41) is 0.413. The molecule has 1 fully saturated rings. The number of aromatic nitrogens is 5. The van der Waals surface area contributed by atoms with Crippen LogP contribution in [-0.4, -0.2) is 50.4 Å². The molecular formula is C19H18FN5O3. The molecule has 9 heteroatoms. The lowest BCUT2D eigenvalue weighted by Crippen LogP contribution is -2.34. The van der Waals surface area contributed by atoms with Crippen LogP contribution < -0.4 is 5.69 Å². The fraction of sp³-hybridized carbons (Fsp3) is 0.316. The highest BCUT2D eigenvalue weighted by Gasteiger charge is 2.19. The zero-order valence-corrected chi connectivity index (χ0v) is 15.2. The number of halogens is 1. The number of imidazole rings is 1. The van der Waals surface area contributed by atoms with Crippen LogP contribution in [0.4, 0.5) is 4.39 Å². The normalized spacial score (nSPS) is 17.6. The van der Waals surface area contributed by atoms with Crippen molar-refractivity contribution in [2.45, 2.75) is 19.6 Å². The average molecular weight is 383 g/mol. The number of aromatic amines is 2. The first-order valence-electron chi connectivity index (χ1n) is 9.02. The van der Waals surface area contributed by atoms with Crippen LogP contribution in [0.25, 0.3) is 33.3 Å². The van der Waals surface area contributed by atoms with E-state index < -0.39 is 0 Å². The Morgan fingerprint density at radius 2 is 2.21 bits per heavy atom. The molecule has 0 spiro atoms. The highest BCUT2D eigenvalue weighted by atomic mass is 19.1. The molecule has 0 bridgehead atoms. The maximum Gasteiger partial charge on any atom is 0.327 e. The molecule has 28 heavy (non-hydrogen) atoms. The summed E-state index contributed by atoms with van der Waals surface area (Å²) in [5.74, 6) is -0.357. The molecule has 0 saturated carbocycles. The van der Waals surface area contributed by atoms with E-state index in [1.54, 1.807) is 16.8 Å². The zero-order valence-electron chi connectivity index (χ0n) is 15.2. The molecule has 0 amide bonds. The number of hydrogen-bond donors (Lipinski definition) is 2. The molecule has 5 heterocycles. The van der Waals surface area contributed by atoms with Crippen LogP contribution in [-0.2, 0) is 16.0 Å². The summed E-state index contributed by atoms with van der Waals surface area (Å²) in [6, 6.07) is 3.61. The fourth-order valence-electron chi connectivity index (χ4n) is 3.61. The molecule has 2 N–H and O–H groups in total. The van der Waals surface area contributed by atoms with Crippen LogP contribution in [0, 0.1) is 12.7 Å².